The summed E-state index contributed by atoms with van der Waals surface area (Å²) in [5.74, 6) is 1.15. The fourth-order valence-corrected chi connectivity index (χ4v) is 3.08. The van der Waals surface area contributed by atoms with E-state index in [0.717, 1.165) is 38.3 Å². The molecular formula is C17H24N4. The maximum Gasteiger partial charge on any atom is 0.122 e. The number of imidazole rings is 1. The van der Waals surface area contributed by atoms with Crippen LogP contribution in [0.1, 0.15) is 24.7 Å². The lowest BCUT2D eigenvalue weighted by Crippen LogP contribution is -2.54. The van der Waals surface area contributed by atoms with E-state index in [1.165, 1.54) is 5.56 Å². The van der Waals surface area contributed by atoms with Crippen LogP contribution >= 0.6 is 0 Å². The molecule has 0 fully saturated rings. The van der Waals surface area contributed by atoms with Gasteiger partial charge in [0.25, 0.3) is 0 Å². The lowest BCUT2D eigenvalue weighted by atomic mass is 9.90. The smallest absolute Gasteiger partial charge is 0.122 e. The molecule has 1 aliphatic heterocycles. The van der Waals surface area contributed by atoms with Crippen LogP contribution in [0.15, 0.2) is 42.7 Å². The molecule has 0 amide bonds. The van der Waals surface area contributed by atoms with Crippen LogP contribution < -0.4 is 5.73 Å². The monoisotopic (exact) mass is 284 g/mol. The van der Waals surface area contributed by atoms with Crippen molar-refractivity contribution in [3.63, 3.8) is 0 Å². The zero-order chi connectivity index (χ0) is 14.7. The van der Waals surface area contributed by atoms with Gasteiger partial charge in [0.1, 0.15) is 5.82 Å². The van der Waals surface area contributed by atoms with E-state index in [1.807, 2.05) is 6.20 Å². The first kappa shape index (κ1) is 14.3. The lowest BCUT2D eigenvalue weighted by molar-refractivity contribution is 0.0702. The Kier molecular flexibility index (Phi) is 4.08. The summed E-state index contributed by atoms with van der Waals surface area (Å²) in [6, 6.07) is 10.7. The van der Waals surface area contributed by atoms with E-state index in [4.69, 9.17) is 5.73 Å². The fraction of sp³-hybridized carbons (Fsp3) is 0.471. The van der Waals surface area contributed by atoms with Crippen LogP contribution in [-0.2, 0) is 19.5 Å². The number of hydrogen-bond acceptors (Lipinski definition) is 3. The highest BCUT2D eigenvalue weighted by Gasteiger charge is 2.32. The second kappa shape index (κ2) is 6.00. The van der Waals surface area contributed by atoms with Gasteiger partial charge < -0.3 is 10.3 Å². The molecule has 0 radical (unpaired) electrons. The van der Waals surface area contributed by atoms with Crippen molar-refractivity contribution in [2.45, 2.75) is 38.4 Å². The molecule has 0 bridgehead atoms. The molecule has 1 aliphatic rings. The number of rotatable bonds is 5. The molecule has 4 heteroatoms. The summed E-state index contributed by atoms with van der Waals surface area (Å²) in [7, 11) is 0. The van der Waals surface area contributed by atoms with Crippen LogP contribution in [0, 0.1) is 0 Å². The standard InChI is InChI=1S/C17H24N4/c1-17(14-18,8-7-15-5-3-2-4-6-15)21-12-11-20-10-9-19-16(20)13-21/h2-6,9-10H,7-8,11-14,18H2,1H3. The number of benzene rings is 1. The van der Waals surface area contributed by atoms with E-state index in [9.17, 15) is 0 Å². The van der Waals surface area contributed by atoms with Gasteiger partial charge in [-0.1, -0.05) is 30.3 Å². The van der Waals surface area contributed by atoms with Crippen molar-refractivity contribution in [2.24, 2.45) is 5.73 Å². The van der Waals surface area contributed by atoms with Crippen LogP contribution in [-0.4, -0.2) is 33.1 Å². The van der Waals surface area contributed by atoms with Gasteiger partial charge in [-0.3, -0.25) is 4.90 Å². The summed E-state index contributed by atoms with van der Waals surface area (Å²) in [6.45, 7) is 5.92. The first-order valence-electron chi connectivity index (χ1n) is 7.70. The Morgan fingerprint density at radius 2 is 2.05 bits per heavy atom. The second-order valence-corrected chi connectivity index (χ2v) is 6.15. The molecule has 1 unspecified atom stereocenters. The maximum atomic E-state index is 6.13. The highest BCUT2D eigenvalue weighted by atomic mass is 15.3. The van der Waals surface area contributed by atoms with Crippen LogP contribution in [0.2, 0.25) is 0 Å². The molecular weight excluding hydrogens is 260 g/mol. The second-order valence-electron chi connectivity index (χ2n) is 6.15. The topological polar surface area (TPSA) is 47.1 Å². The van der Waals surface area contributed by atoms with Crippen molar-refractivity contribution in [1.82, 2.24) is 14.5 Å². The third-order valence-corrected chi connectivity index (χ3v) is 4.74. The number of hydrogen-bond donors (Lipinski definition) is 1. The molecule has 0 saturated carbocycles. The van der Waals surface area contributed by atoms with Gasteiger partial charge in [0, 0.05) is 37.6 Å². The summed E-state index contributed by atoms with van der Waals surface area (Å²) in [5, 5.41) is 0. The molecule has 112 valence electrons. The number of aryl methyl sites for hydroxylation is 1. The third-order valence-electron chi connectivity index (χ3n) is 4.74. The molecule has 1 aromatic heterocycles. The van der Waals surface area contributed by atoms with Crippen molar-refractivity contribution in [3.8, 4) is 0 Å². The molecule has 0 aliphatic carbocycles. The summed E-state index contributed by atoms with van der Waals surface area (Å²) < 4.78 is 2.24. The fourth-order valence-electron chi connectivity index (χ4n) is 3.08. The molecule has 2 N–H and O–H groups in total. The van der Waals surface area contributed by atoms with Gasteiger partial charge in [-0.05, 0) is 25.3 Å². The van der Waals surface area contributed by atoms with Crippen LogP contribution in [0.5, 0.6) is 0 Å². The molecule has 2 aromatic rings. The minimum atomic E-state index is 0.0348. The third kappa shape index (κ3) is 3.01. The van der Waals surface area contributed by atoms with E-state index < -0.39 is 0 Å². The van der Waals surface area contributed by atoms with E-state index in [2.05, 4.69) is 57.9 Å². The van der Waals surface area contributed by atoms with E-state index in [1.54, 1.807) is 0 Å². The van der Waals surface area contributed by atoms with Gasteiger partial charge in [-0.15, -0.1) is 0 Å². The van der Waals surface area contributed by atoms with Crippen molar-refractivity contribution in [1.29, 1.82) is 0 Å². The summed E-state index contributed by atoms with van der Waals surface area (Å²) >= 11 is 0. The highest BCUT2D eigenvalue weighted by molar-refractivity contribution is 5.15. The van der Waals surface area contributed by atoms with Gasteiger partial charge in [0.05, 0.1) is 6.54 Å². The molecule has 4 nitrogen and oxygen atoms in total. The van der Waals surface area contributed by atoms with Gasteiger partial charge in [-0.2, -0.15) is 0 Å². The predicted molar refractivity (Wildman–Crippen MR) is 84.9 cm³/mol. The Bertz CT molecular complexity index is 577. The Morgan fingerprint density at radius 3 is 2.81 bits per heavy atom. The van der Waals surface area contributed by atoms with Gasteiger partial charge in [0.15, 0.2) is 0 Å². The van der Waals surface area contributed by atoms with Gasteiger partial charge >= 0.3 is 0 Å². The number of nitrogens with two attached hydrogens (primary N) is 1. The molecule has 0 saturated heterocycles. The SMILES string of the molecule is CC(CN)(CCc1ccccc1)N1CCn2ccnc2C1. The summed E-state index contributed by atoms with van der Waals surface area (Å²) in [6.07, 6.45) is 6.10. The number of fused-ring (bicyclic) bond motifs is 1. The van der Waals surface area contributed by atoms with E-state index >= 15 is 0 Å². The first-order valence-corrected chi connectivity index (χ1v) is 7.70. The minimum Gasteiger partial charge on any atom is -0.333 e. The Balaban J connectivity index is 1.68. The van der Waals surface area contributed by atoms with Gasteiger partial charge in [0.2, 0.25) is 0 Å². The quantitative estimate of drug-likeness (QED) is 0.914. The van der Waals surface area contributed by atoms with Gasteiger partial charge in [-0.25, -0.2) is 4.98 Å². The zero-order valence-electron chi connectivity index (χ0n) is 12.7. The average molecular weight is 284 g/mol. The van der Waals surface area contributed by atoms with Crippen LogP contribution in [0.3, 0.4) is 0 Å². The Labute approximate surface area is 126 Å². The van der Waals surface area contributed by atoms with Crippen LogP contribution in [0.4, 0.5) is 0 Å². The number of nitrogens with zero attached hydrogens (tertiary/aromatic N) is 3. The zero-order valence-corrected chi connectivity index (χ0v) is 12.7. The minimum absolute atomic E-state index is 0.0348. The molecule has 3 rings (SSSR count). The average Bonchev–Trinajstić information content (AvgIpc) is 3.01. The predicted octanol–water partition coefficient (Wildman–Crippen LogP) is 2.05. The highest BCUT2D eigenvalue weighted by Crippen LogP contribution is 2.25. The van der Waals surface area contributed by atoms with Crippen molar-refractivity contribution >= 4 is 0 Å². The Morgan fingerprint density at radius 1 is 1.24 bits per heavy atom. The normalized spacial score (nSPS) is 18.2. The van der Waals surface area contributed by atoms with Crippen molar-refractivity contribution in [3.05, 3.63) is 54.1 Å². The number of aromatic nitrogens is 2. The summed E-state index contributed by atoms with van der Waals surface area (Å²) in [4.78, 5) is 6.95. The van der Waals surface area contributed by atoms with E-state index in [0.29, 0.717) is 6.54 Å². The lowest BCUT2D eigenvalue weighted by Gasteiger charge is -2.43. The van der Waals surface area contributed by atoms with E-state index in [-0.39, 0.29) is 5.54 Å². The maximum absolute atomic E-state index is 6.13. The Hall–Kier alpha value is -1.65. The molecule has 1 atom stereocenters. The first-order chi connectivity index (χ1) is 10.2. The van der Waals surface area contributed by atoms with Crippen molar-refractivity contribution in [2.75, 3.05) is 13.1 Å². The molecule has 2 heterocycles. The molecule has 0 spiro atoms. The largest absolute Gasteiger partial charge is 0.333 e. The molecule has 1 aromatic carbocycles. The van der Waals surface area contributed by atoms with Crippen LogP contribution in [0.25, 0.3) is 0 Å². The molecule has 21 heavy (non-hydrogen) atoms. The summed E-state index contributed by atoms with van der Waals surface area (Å²) in [5.41, 5.74) is 7.55. The van der Waals surface area contributed by atoms with Crippen molar-refractivity contribution < 1.29 is 0 Å².